The van der Waals surface area contributed by atoms with Crippen molar-refractivity contribution in [1.29, 1.82) is 0 Å². The van der Waals surface area contributed by atoms with Crippen LogP contribution in [0.1, 0.15) is 34.1 Å². The minimum absolute atomic E-state index is 0.0471. The van der Waals surface area contributed by atoms with Crippen LogP contribution < -0.4 is 14.8 Å². The van der Waals surface area contributed by atoms with E-state index < -0.39 is 5.91 Å². The number of ketones is 1. The third kappa shape index (κ3) is 6.05. The summed E-state index contributed by atoms with van der Waals surface area (Å²) in [5.74, 6) is 0.463. The van der Waals surface area contributed by atoms with Gasteiger partial charge in [-0.3, -0.25) is 9.59 Å². The van der Waals surface area contributed by atoms with Crippen molar-refractivity contribution in [1.82, 2.24) is 0 Å². The Labute approximate surface area is 139 Å². The SMILES string of the molecule is CC(C)Oc1cccc(OC(C)C)c1NC(=O)CC(=O)CBr. The quantitative estimate of drug-likeness (QED) is 0.560. The maximum absolute atomic E-state index is 12.0. The molecule has 1 amide bonds. The summed E-state index contributed by atoms with van der Waals surface area (Å²) in [5, 5.41) is 2.88. The number of carbonyl (C=O) groups is 2. The van der Waals surface area contributed by atoms with Crippen LogP contribution in [-0.2, 0) is 9.59 Å². The van der Waals surface area contributed by atoms with Crippen LogP contribution in [0, 0.1) is 0 Å². The standard InChI is InChI=1S/C16H22BrNO4/c1-10(2)21-13-6-5-7-14(22-11(3)4)16(13)18-15(20)8-12(19)9-17/h5-7,10-11H,8-9H2,1-4H3,(H,18,20). The first kappa shape index (κ1) is 18.5. The van der Waals surface area contributed by atoms with Crippen LogP contribution in [0.2, 0.25) is 0 Å². The van der Waals surface area contributed by atoms with E-state index in [9.17, 15) is 9.59 Å². The number of nitrogens with one attached hydrogen (secondary N) is 1. The molecule has 0 spiro atoms. The zero-order chi connectivity index (χ0) is 16.7. The van der Waals surface area contributed by atoms with Crippen LogP contribution >= 0.6 is 15.9 Å². The van der Waals surface area contributed by atoms with Crippen molar-refractivity contribution in [3.05, 3.63) is 18.2 Å². The fraction of sp³-hybridized carbons (Fsp3) is 0.500. The number of amides is 1. The molecule has 22 heavy (non-hydrogen) atoms. The number of alkyl halides is 1. The lowest BCUT2D eigenvalue weighted by Gasteiger charge is -2.19. The Kier molecular flexibility index (Phi) is 7.38. The lowest BCUT2D eigenvalue weighted by molar-refractivity contribution is -0.123. The number of Topliss-reactive ketones (excluding diaryl/α,β-unsaturated/α-hetero) is 1. The molecule has 5 nitrogen and oxygen atoms in total. The van der Waals surface area contributed by atoms with Gasteiger partial charge in [-0.1, -0.05) is 22.0 Å². The van der Waals surface area contributed by atoms with Crippen molar-refractivity contribution < 1.29 is 19.1 Å². The highest BCUT2D eigenvalue weighted by Gasteiger charge is 2.17. The molecule has 122 valence electrons. The first-order valence-electron chi connectivity index (χ1n) is 7.17. The molecule has 0 aliphatic heterocycles. The zero-order valence-corrected chi connectivity index (χ0v) is 14.9. The summed E-state index contributed by atoms with van der Waals surface area (Å²) in [7, 11) is 0. The smallest absolute Gasteiger partial charge is 0.232 e. The molecule has 0 saturated heterocycles. The number of halogens is 1. The summed E-state index contributed by atoms with van der Waals surface area (Å²) in [6.45, 7) is 7.59. The van der Waals surface area contributed by atoms with E-state index in [1.54, 1.807) is 18.2 Å². The van der Waals surface area contributed by atoms with Gasteiger partial charge in [-0.05, 0) is 39.8 Å². The first-order chi connectivity index (χ1) is 10.3. The maximum atomic E-state index is 12.0. The highest BCUT2D eigenvalue weighted by Crippen LogP contribution is 2.36. The summed E-state index contributed by atoms with van der Waals surface area (Å²) in [5.41, 5.74) is 0.456. The van der Waals surface area contributed by atoms with Gasteiger partial charge >= 0.3 is 0 Å². The highest BCUT2D eigenvalue weighted by molar-refractivity contribution is 9.09. The van der Waals surface area contributed by atoms with Crippen molar-refractivity contribution in [2.75, 3.05) is 10.6 Å². The fourth-order valence-corrected chi connectivity index (χ4v) is 1.95. The van der Waals surface area contributed by atoms with Gasteiger partial charge in [0.1, 0.15) is 17.2 Å². The van der Waals surface area contributed by atoms with E-state index in [2.05, 4.69) is 21.2 Å². The van der Waals surface area contributed by atoms with Gasteiger partial charge < -0.3 is 14.8 Å². The number of hydrogen-bond donors (Lipinski definition) is 1. The molecule has 0 bridgehead atoms. The predicted molar refractivity (Wildman–Crippen MR) is 90.0 cm³/mol. The number of hydrogen-bond acceptors (Lipinski definition) is 4. The predicted octanol–water partition coefficient (Wildman–Crippen LogP) is 3.55. The van der Waals surface area contributed by atoms with Crippen molar-refractivity contribution in [2.45, 2.75) is 46.3 Å². The third-order valence-corrected chi connectivity index (χ3v) is 3.11. The summed E-state index contributed by atoms with van der Waals surface area (Å²) < 4.78 is 11.4. The molecule has 1 aromatic carbocycles. The molecule has 0 unspecified atom stereocenters. The Hall–Kier alpha value is -1.56. The molecule has 0 aliphatic carbocycles. The average Bonchev–Trinajstić information content (AvgIpc) is 2.41. The van der Waals surface area contributed by atoms with E-state index in [4.69, 9.17) is 9.47 Å². The molecule has 1 N–H and O–H groups in total. The van der Waals surface area contributed by atoms with E-state index in [0.717, 1.165) is 0 Å². The Morgan fingerprint density at radius 1 is 1.09 bits per heavy atom. The molecular weight excluding hydrogens is 350 g/mol. The van der Waals surface area contributed by atoms with E-state index >= 15 is 0 Å². The zero-order valence-electron chi connectivity index (χ0n) is 13.3. The molecular formula is C16H22BrNO4. The van der Waals surface area contributed by atoms with Crippen LogP contribution in [0.3, 0.4) is 0 Å². The van der Waals surface area contributed by atoms with Gasteiger partial charge in [-0.25, -0.2) is 0 Å². The van der Waals surface area contributed by atoms with Crippen LogP contribution in [0.25, 0.3) is 0 Å². The van der Waals surface area contributed by atoms with Crippen molar-refractivity contribution >= 4 is 33.3 Å². The normalized spacial score (nSPS) is 10.7. The molecule has 0 aromatic heterocycles. The van der Waals surface area contributed by atoms with Crippen LogP contribution in [0.4, 0.5) is 5.69 Å². The van der Waals surface area contributed by atoms with Crippen molar-refractivity contribution in [3.63, 3.8) is 0 Å². The maximum Gasteiger partial charge on any atom is 0.232 e. The van der Waals surface area contributed by atoms with E-state index in [1.807, 2.05) is 27.7 Å². The lowest BCUT2D eigenvalue weighted by atomic mass is 10.2. The minimum Gasteiger partial charge on any atom is -0.489 e. The van der Waals surface area contributed by atoms with Gasteiger partial charge in [0.15, 0.2) is 5.78 Å². The molecule has 0 atom stereocenters. The summed E-state index contributed by atoms with van der Waals surface area (Å²) >= 11 is 3.04. The van der Waals surface area contributed by atoms with Gasteiger partial charge in [0.05, 0.1) is 24.0 Å². The molecule has 6 heteroatoms. The van der Waals surface area contributed by atoms with E-state index in [-0.39, 0.29) is 29.7 Å². The van der Waals surface area contributed by atoms with Crippen LogP contribution in [0.5, 0.6) is 11.5 Å². The van der Waals surface area contributed by atoms with Gasteiger partial charge in [0.25, 0.3) is 0 Å². The van der Waals surface area contributed by atoms with Gasteiger partial charge in [0.2, 0.25) is 5.91 Å². The summed E-state index contributed by atoms with van der Waals surface area (Å²) in [6.07, 6.45) is -0.286. The third-order valence-electron chi connectivity index (χ3n) is 2.48. The average molecular weight is 372 g/mol. The number of ether oxygens (including phenoxy) is 2. The second-order valence-electron chi connectivity index (χ2n) is 5.36. The molecule has 0 saturated carbocycles. The fourth-order valence-electron chi connectivity index (χ4n) is 1.75. The molecule has 1 aromatic rings. The van der Waals surface area contributed by atoms with Gasteiger partial charge in [-0.15, -0.1) is 0 Å². The topological polar surface area (TPSA) is 64.6 Å². The lowest BCUT2D eigenvalue weighted by Crippen LogP contribution is -2.19. The highest BCUT2D eigenvalue weighted by atomic mass is 79.9. The Morgan fingerprint density at radius 2 is 1.59 bits per heavy atom. The van der Waals surface area contributed by atoms with Crippen LogP contribution in [-0.4, -0.2) is 29.2 Å². The number of anilines is 1. The molecule has 0 aliphatic rings. The largest absolute Gasteiger partial charge is 0.489 e. The second-order valence-corrected chi connectivity index (χ2v) is 5.92. The Balaban J connectivity index is 3.05. The molecule has 1 rings (SSSR count). The first-order valence-corrected chi connectivity index (χ1v) is 8.29. The monoisotopic (exact) mass is 371 g/mol. The number of rotatable bonds is 8. The summed E-state index contributed by atoms with van der Waals surface area (Å²) in [4.78, 5) is 23.4. The summed E-state index contributed by atoms with van der Waals surface area (Å²) in [6, 6.07) is 5.32. The molecule has 0 radical (unpaired) electrons. The van der Waals surface area contributed by atoms with E-state index in [1.165, 1.54) is 0 Å². The molecule has 0 heterocycles. The number of benzene rings is 1. The van der Waals surface area contributed by atoms with Crippen LogP contribution in [0.15, 0.2) is 18.2 Å². The number of carbonyl (C=O) groups excluding carboxylic acids is 2. The number of para-hydroxylation sites is 1. The van der Waals surface area contributed by atoms with Gasteiger partial charge in [-0.2, -0.15) is 0 Å². The molecule has 0 fully saturated rings. The van der Waals surface area contributed by atoms with Crippen molar-refractivity contribution in [3.8, 4) is 11.5 Å². The van der Waals surface area contributed by atoms with Gasteiger partial charge in [0, 0.05) is 0 Å². The van der Waals surface area contributed by atoms with Crippen molar-refractivity contribution in [2.24, 2.45) is 0 Å². The Bertz CT molecular complexity index is 501. The minimum atomic E-state index is -0.391. The Morgan fingerprint density at radius 3 is 2.00 bits per heavy atom. The second kappa shape index (κ2) is 8.78. The van der Waals surface area contributed by atoms with E-state index in [0.29, 0.717) is 17.2 Å².